The van der Waals surface area contributed by atoms with Gasteiger partial charge in [-0.05, 0) is 31.6 Å². The number of carbonyl (C=O) groups excluding carboxylic acids is 1. The van der Waals surface area contributed by atoms with E-state index in [4.69, 9.17) is 18.0 Å². The van der Waals surface area contributed by atoms with Gasteiger partial charge < -0.3 is 11.1 Å². The summed E-state index contributed by atoms with van der Waals surface area (Å²) in [5, 5.41) is 3.18. The summed E-state index contributed by atoms with van der Waals surface area (Å²) in [6.45, 7) is 6.45. The first-order chi connectivity index (χ1) is 8.89. The van der Waals surface area contributed by atoms with Crippen LogP contribution >= 0.6 is 12.2 Å². The lowest BCUT2D eigenvalue weighted by Gasteiger charge is -2.31. The molecule has 1 atom stereocenters. The molecule has 1 aliphatic carbocycles. The Kier molecular flexibility index (Phi) is 6.24. The smallest absolute Gasteiger partial charge is 0.226 e. The van der Waals surface area contributed by atoms with Crippen LogP contribution in [-0.4, -0.2) is 16.9 Å². The van der Waals surface area contributed by atoms with Gasteiger partial charge in [0.15, 0.2) is 0 Å². The largest absolute Gasteiger partial charge is 0.393 e. The Bertz CT molecular complexity index is 322. The lowest BCUT2D eigenvalue weighted by molar-refractivity contribution is -0.132. The first kappa shape index (κ1) is 16.4. The summed E-state index contributed by atoms with van der Waals surface area (Å²) in [5.41, 5.74) is 5.45. The van der Waals surface area contributed by atoms with Crippen molar-refractivity contribution in [2.45, 2.75) is 71.8 Å². The number of carbonyl (C=O) groups is 1. The van der Waals surface area contributed by atoms with Gasteiger partial charge in [0.05, 0.1) is 4.99 Å². The molecule has 0 bridgehead atoms. The molecule has 0 aromatic rings. The topological polar surface area (TPSA) is 55.1 Å². The summed E-state index contributed by atoms with van der Waals surface area (Å²) in [6.07, 6.45) is 6.87. The summed E-state index contributed by atoms with van der Waals surface area (Å²) in [4.78, 5) is 13.1. The Labute approximate surface area is 122 Å². The molecule has 1 unspecified atom stereocenters. The predicted octanol–water partition coefficient (Wildman–Crippen LogP) is 3.16. The third kappa shape index (κ3) is 4.75. The second-order valence-corrected chi connectivity index (χ2v) is 6.86. The zero-order valence-electron chi connectivity index (χ0n) is 12.5. The number of nitrogens with two attached hydrogens (primary N) is 1. The molecule has 1 rings (SSSR count). The fourth-order valence-electron chi connectivity index (χ4n) is 3.24. The predicted molar refractivity (Wildman–Crippen MR) is 84.0 cm³/mol. The van der Waals surface area contributed by atoms with Crippen LogP contribution in [0.25, 0.3) is 0 Å². The Morgan fingerprint density at radius 3 is 2.37 bits per heavy atom. The second kappa shape index (κ2) is 7.22. The minimum atomic E-state index is -0.141. The SMILES string of the molecule is CCC(CC(N)=S)NC(=O)C1(CC(C)C)CCCC1. The quantitative estimate of drug-likeness (QED) is 0.706. The van der Waals surface area contributed by atoms with Crippen LogP contribution in [0.2, 0.25) is 0 Å². The van der Waals surface area contributed by atoms with Crippen molar-refractivity contribution in [3.8, 4) is 0 Å². The maximum atomic E-state index is 12.7. The number of nitrogens with one attached hydrogen (secondary N) is 1. The summed E-state index contributed by atoms with van der Waals surface area (Å²) in [7, 11) is 0. The van der Waals surface area contributed by atoms with Gasteiger partial charge >= 0.3 is 0 Å². The third-order valence-electron chi connectivity index (χ3n) is 4.12. The zero-order valence-corrected chi connectivity index (χ0v) is 13.3. The highest BCUT2D eigenvalue weighted by atomic mass is 32.1. The van der Waals surface area contributed by atoms with E-state index in [2.05, 4.69) is 26.1 Å². The number of hydrogen-bond donors (Lipinski definition) is 2. The van der Waals surface area contributed by atoms with Crippen molar-refractivity contribution >= 4 is 23.1 Å². The normalized spacial score (nSPS) is 19.4. The highest BCUT2D eigenvalue weighted by Gasteiger charge is 2.41. The van der Waals surface area contributed by atoms with Gasteiger partial charge in [-0.25, -0.2) is 0 Å². The molecule has 0 aliphatic heterocycles. The van der Waals surface area contributed by atoms with E-state index < -0.39 is 0 Å². The lowest BCUT2D eigenvalue weighted by atomic mass is 9.77. The molecule has 1 fully saturated rings. The highest BCUT2D eigenvalue weighted by molar-refractivity contribution is 7.80. The van der Waals surface area contributed by atoms with Gasteiger partial charge in [0.1, 0.15) is 0 Å². The van der Waals surface area contributed by atoms with E-state index in [0.717, 1.165) is 25.7 Å². The summed E-state index contributed by atoms with van der Waals surface area (Å²) in [6, 6.07) is 0.0923. The van der Waals surface area contributed by atoms with Crippen molar-refractivity contribution in [2.75, 3.05) is 0 Å². The van der Waals surface area contributed by atoms with Gasteiger partial charge in [-0.3, -0.25) is 4.79 Å². The van der Waals surface area contributed by atoms with Crippen LogP contribution < -0.4 is 11.1 Å². The first-order valence-electron chi connectivity index (χ1n) is 7.49. The lowest BCUT2D eigenvalue weighted by Crippen LogP contribution is -2.46. The van der Waals surface area contributed by atoms with E-state index in [1.165, 1.54) is 12.8 Å². The van der Waals surface area contributed by atoms with E-state index in [9.17, 15) is 4.79 Å². The van der Waals surface area contributed by atoms with Gasteiger partial charge in [0.25, 0.3) is 0 Å². The van der Waals surface area contributed by atoms with Crippen LogP contribution in [0.5, 0.6) is 0 Å². The second-order valence-electron chi connectivity index (χ2n) is 6.33. The average molecular weight is 284 g/mol. The summed E-state index contributed by atoms with van der Waals surface area (Å²) < 4.78 is 0. The molecule has 0 aromatic heterocycles. The monoisotopic (exact) mass is 284 g/mol. The van der Waals surface area contributed by atoms with E-state index >= 15 is 0 Å². The van der Waals surface area contributed by atoms with E-state index in [1.807, 2.05) is 0 Å². The molecule has 1 saturated carbocycles. The number of amides is 1. The first-order valence-corrected chi connectivity index (χ1v) is 7.89. The molecule has 1 aliphatic rings. The molecular formula is C15H28N2OS. The van der Waals surface area contributed by atoms with Gasteiger partial charge in [0.2, 0.25) is 5.91 Å². The Balaban J connectivity index is 2.69. The van der Waals surface area contributed by atoms with Crippen LogP contribution in [0.4, 0.5) is 0 Å². The fraction of sp³-hybridized carbons (Fsp3) is 0.867. The molecule has 0 radical (unpaired) electrons. The van der Waals surface area contributed by atoms with Crippen LogP contribution in [0.1, 0.15) is 65.7 Å². The molecule has 1 amide bonds. The van der Waals surface area contributed by atoms with Crippen LogP contribution in [0.3, 0.4) is 0 Å². The number of hydrogen-bond acceptors (Lipinski definition) is 2. The van der Waals surface area contributed by atoms with Crippen molar-refractivity contribution in [3.05, 3.63) is 0 Å². The molecule has 0 aromatic carbocycles. The standard InChI is InChI=1S/C15H28N2OS/c1-4-12(9-13(16)19)17-14(18)15(10-11(2)3)7-5-6-8-15/h11-12H,4-10H2,1-3H3,(H2,16,19)(H,17,18). The van der Waals surface area contributed by atoms with Gasteiger partial charge in [-0.15, -0.1) is 0 Å². The van der Waals surface area contributed by atoms with Crippen LogP contribution in [-0.2, 0) is 4.79 Å². The molecule has 19 heavy (non-hydrogen) atoms. The average Bonchev–Trinajstić information content (AvgIpc) is 2.76. The molecule has 110 valence electrons. The molecule has 3 N–H and O–H groups in total. The molecule has 0 spiro atoms. The number of thiocarbonyl (C=S) groups is 1. The Hall–Kier alpha value is -0.640. The van der Waals surface area contributed by atoms with Gasteiger partial charge in [0, 0.05) is 17.9 Å². The van der Waals surface area contributed by atoms with E-state index in [-0.39, 0.29) is 17.4 Å². The van der Waals surface area contributed by atoms with Crippen molar-refractivity contribution in [3.63, 3.8) is 0 Å². The molecule has 4 heteroatoms. The van der Waals surface area contributed by atoms with E-state index in [0.29, 0.717) is 17.3 Å². The van der Waals surface area contributed by atoms with Gasteiger partial charge in [-0.1, -0.05) is 45.8 Å². The van der Waals surface area contributed by atoms with Crippen molar-refractivity contribution in [2.24, 2.45) is 17.1 Å². The maximum Gasteiger partial charge on any atom is 0.226 e. The minimum absolute atomic E-state index is 0.0923. The van der Waals surface area contributed by atoms with Crippen LogP contribution in [0.15, 0.2) is 0 Å². The van der Waals surface area contributed by atoms with E-state index in [1.54, 1.807) is 0 Å². The maximum absolute atomic E-state index is 12.7. The molecule has 0 heterocycles. The molecular weight excluding hydrogens is 256 g/mol. The third-order valence-corrected chi connectivity index (χ3v) is 4.28. The molecule has 3 nitrogen and oxygen atoms in total. The number of rotatable bonds is 7. The van der Waals surface area contributed by atoms with Crippen molar-refractivity contribution in [1.82, 2.24) is 5.32 Å². The van der Waals surface area contributed by atoms with Crippen LogP contribution in [0, 0.1) is 11.3 Å². The van der Waals surface area contributed by atoms with Crippen molar-refractivity contribution in [1.29, 1.82) is 0 Å². The minimum Gasteiger partial charge on any atom is -0.393 e. The fourth-order valence-corrected chi connectivity index (χ4v) is 3.44. The van der Waals surface area contributed by atoms with Crippen molar-refractivity contribution < 1.29 is 4.79 Å². The summed E-state index contributed by atoms with van der Waals surface area (Å²) in [5.74, 6) is 0.779. The zero-order chi connectivity index (χ0) is 14.5. The Morgan fingerprint density at radius 1 is 1.37 bits per heavy atom. The molecule has 0 saturated heterocycles. The Morgan fingerprint density at radius 2 is 1.95 bits per heavy atom. The highest BCUT2D eigenvalue weighted by Crippen LogP contribution is 2.43. The van der Waals surface area contributed by atoms with Gasteiger partial charge in [-0.2, -0.15) is 0 Å². The summed E-state index contributed by atoms with van der Waals surface area (Å²) >= 11 is 4.95.